The highest BCUT2D eigenvalue weighted by Gasteiger charge is 2.16. The van der Waals surface area contributed by atoms with E-state index in [4.69, 9.17) is 27.9 Å². The molecule has 0 aliphatic heterocycles. The van der Waals surface area contributed by atoms with Crippen molar-refractivity contribution in [3.8, 4) is 11.6 Å². The standard InChI is InChI=1S/C21H18Cl2N2O2/c1-13-5-6-15(14(2)10-13)12-25-20(26)17-4-3-9-24-21(17)27-19-11-16(22)7-8-18(19)23/h3-11H,12H2,1-2H3,(H,25,26). The topological polar surface area (TPSA) is 51.2 Å². The van der Waals surface area contributed by atoms with Crippen molar-refractivity contribution >= 4 is 29.1 Å². The summed E-state index contributed by atoms with van der Waals surface area (Å²) >= 11 is 12.1. The molecular weight excluding hydrogens is 383 g/mol. The van der Waals surface area contributed by atoms with Crippen molar-refractivity contribution in [1.82, 2.24) is 10.3 Å². The van der Waals surface area contributed by atoms with Crippen molar-refractivity contribution in [2.24, 2.45) is 0 Å². The van der Waals surface area contributed by atoms with Gasteiger partial charge >= 0.3 is 0 Å². The maximum absolute atomic E-state index is 12.7. The second-order valence-electron chi connectivity index (χ2n) is 6.15. The van der Waals surface area contributed by atoms with Crippen molar-refractivity contribution in [2.45, 2.75) is 20.4 Å². The van der Waals surface area contributed by atoms with Crippen LogP contribution in [0.25, 0.3) is 0 Å². The van der Waals surface area contributed by atoms with Crippen LogP contribution in [0.2, 0.25) is 10.0 Å². The van der Waals surface area contributed by atoms with E-state index in [0.29, 0.717) is 27.9 Å². The van der Waals surface area contributed by atoms with E-state index in [0.717, 1.165) is 11.1 Å². The third-order valence-corrected chi connectivity index (χ3v) is 4.60. The second kappa shape index (κ2) is 8.42. The molecule has 0 atom stereocenters. The molecule has 0 unspecified atom stereocenters. The first kappa shape index (κ1) is 19.2. The first-order chi connectivity index (χ1) is 12.9. The van der Waals surface area contributed by atoms with Gasteiger partial charge in [0.1, 0.15) is 11.3 Å². The number of carbonyl (C=O) groups excluding carboxylic acids is 1. The number of pyridine rings is 1. The lowest BCUT2D eigenvalue weighted by Crippen LogP contribution is -2.24. The summed E-state index contributed by atoms with van der Waals surface area (Å²) in [4.78, 5) is 16.8. The fourth-order valence-electron chi connectivity index (χ4n) is 2.62. The van der Waals surface area contributed by atoms with E-state index in [2.05, 4.69) is 16.4 Å². The zero-order chi connectivity index (χ0) is 19.4. The molecule has 0 spiro atoms. The molecule has 0 fully saturated rings. The van der Waals surface area contributed by atoms with Crippen molar-refractivity contribution in [3.05, 3.63) is 87.0 Å². The van der Waals surface area contributed by atoms with E-state index in [1.165, 1.54) is 5.56 Å². The highest BCUT2D eigenvalue weighted by molar-refractivity contribution is 6.34. The van der Waals surface area contributed by atoms with Crippen LogP contribution in [0, 0.1) is 13.8 Å². The molecule has 4 nitrogen and oxygen atoms in total. The van der Waals surface area contributed by atoms with Crippen LogP contribution in [-0.4, -0.2) is 10.9 Å². The molecule has 0 saturated carbocycles. The normalized spacial score (nSPS) is 10.5. The van der Waals surface area contributed by atoms with Gasteiger partial charge in [0.25, 0.3) is 5.91 Å². The molecule has 138 valence electrons. The van der Waals surface area contributed by atoms with E-state index in [1.54, 1.807) is 36.5 Å². The second-order valence-corrected chi connectivity index (χ2v) is 6.99. The number of hydrogen-bond donors (Lipinski definition) is 1. The Morgan fingerprint density at radius 3 is 2.70 bits per heavy atom. The molecule has 1 heterocycles. The third kappa shape index (κ3) is 4.79. The fraction of sp³-hybridized carbons (Fsp3) is 0.143. The number of rotatable bonds is 5. The summed E-state index contributed by atoms with van der Waals surface area (Å²) in [5.41, 5.74) is 3.68. The summed E-state index contributed by atoms with van der Waals surface area (Å²) in [7, 11) is 0. The van der Waals surface area contributed by atoms with Crippen molar-refractivity contribution in [2.75, 3.05) is 0 Å². The number of aromatic nitrogens is 1. The third-order valence-electron chi connectivity index (χ3n) is 4.05. The van der Waals surface area contributed by atoms with Gasteiger partial charge in [0.2, 0.25) is 5.88 Å². The molecule has 0 aliphatic rings. The molecule has 0 radical (unpaired) electrons. The van der Waals surface area contributed by atoms with Gasteiger partial charge in [-0.1, -0.05) is 47.0 Å². The van der Waals surface area contributed by atoms with E-state index in [-0.39, 0.29) is 11.8 Å². The van der Waals surface area contributed by atoms with Crippen LogP contribution in [0.15, 0.2) is 54.7 Å². The number of nitrogens with one attached hydrogen (secondary N) is 1. The average Bonchev–Trinajstić information content (AvgIpc) is 2.64. The van der Waals surface area contributed by atoms with Crippen LogP contribution in [0.3, 0.4) is 0 Å². The van der Waals surface area contributed by atoms with Crippen LogP contribution >= 0.6 is 23.2 Å². The molecule has 6 heteroatoms. The molecule has 0 bridgehead atoms. The Morgan fingerprint density at radius 1 is 1.11 bits per heavy atom. The van der Waals surface area contributed by atoms with Crippen LogP contribution in [0.4, 0.5) is 0 Å². The summed E-state index contributed by atoms with van der Waals surface area (Å²) in [5.74, 6) is 0.224. The van der Waals surface area contributed by atoms with Crippen LogP contribution < -0.4 is 10.1 Å². The molecule has 1 amide bonds. The number of aryl methyl sites for hydroxylation is 2. The molecule has 3 rings (SSSR count). The monoisotopic (exact) mass is 400 g/mol. The Kier molecular flexibility index (Phi) is 5.99. The highest BCUT2D eigenvalue weighted by Crippen LogP contribution is 2.32. The Bertz CT molecular complexity index is 990. The lowest BCUT2D eigenvalue weighted by molar-refractivity contribution is 0.0948. The van der Waals surface area contributed by atoms with Gasteiger partial charge in [-0.05, 0) is 49.2 Å². The first-order valence-corrected chi connectivity index (χ1v) is 9.12. The van der Waals surface area contributed by atoms with E-state index in [9.17, 15) is 4.79 Å². The van der Waals surface area contributed by atoms with Crippen molar-refractivity contribution in [1.29, 1.82) is 0 Å². The summed E-state index contributed by atoms with van der Waals surface area (Å²) in [6, 6.07) is 14.3. The number of carbonyl (C=O) groups is 1. The molecule has 3 aromatic rings. The SMILES string of the molecule is Cc1ccc(CNC(=O)c2cccnc2Oc2cc(Cl)ccc2Cl)c(C)c1. The van der Waals surface area contributed by atoms with Gasteiger partial charge in [-0.2, -0.15) is 0 Å². The number of benzene rings is 2. The van der Waals surface area contributed by atoms with E-state index >= 15 is 0 Å². The molecule has 0 saturated heterocycles. The Morgan fingerprint density at radius 2 is 1.93 bits per heavy atom. The van der Waals surface area contributed by atoms with Crippen LogP contribution in [-0.2, 0) is 6.54 Å². The molecule has 1 N–H and O–H groups in total. The van der Waals surface area contributed by atoms with Gasteiger partial charge in [-0.15, -0.1) is 0 Å². The number of hydrogen-bond acceptors (Lipinski definition) is 3. The van der Waals surface area contributed by atoms with Gasteiger partial charge in [-0.3, -0.25) is 4.79 Å². The van der Waals surface area contributed by atoms with E-state index < -0.39 is 0 Å². The lowest BCUT2D eigenvalue weighted by Gasteiger charge is -2.12. The molecular formula is C21H18Cl2N2O2. The minimum atomic E-state index is -0.281. The van der Waals surface area contributed by atoms with Gasteiger partial charge in [0.05, 0.1) is 5.02 Å². The fourth-order valence-corrected chi connectivity index (χ4v) is 2.94. The zero-order valence-corrected chi connectivity index (χ0v) is 16.4. The number of halogens is 2. The van der Waals surface area contributed by atoms with Gasteiger partial charge in [0, 0.05) is 23.8 Å². The van der Waals surface area contributed by atoms with Crippen molar-refractivity contribution in [3.63, 3.8) is 0 Å². The summed E-state index contributed by atoms with van der Waals surface area (Å²) in [5, 5.41) is 3.77. The van der Waals surface area contributed by atoms with Gasteiger partial charge in [0.15, 0.2) is 0 Å². The van der Waals surface area contributed by atoms with Crippen LogP contribution in [0.1, 0.15) is 27.0 Å². The summed E-state index contributed by atoms with van der Waals surface area (Å²) in [6.07, 6.45) is 1.55. The summed E-state index contributed by atoms with van der Waals surface area (Å²) in [6.45, 7) is 4.47. The predicted octanol–water partition coefficient (Wildman–Crippen LogP) is 5.73. The molecule has 1 aromatic heterocycles. The number of ether oxygens (including phenoxy) is 1. The van der Waals surface area contributed by atoms with E-state index in [1.807, 2.05) is 26.0 Å². The number of nitrogens with zero attached hydrogens (tertiary/aromatic N) is 1. The lowest BCUT2D eigenvalue weighted by atomic mass is 10.1. The minimum Gasteiger partial charge on any atom is -0.437 e. The summed E-state index contributed by atoms with van der Waals surface area (Å²) < 4.78 is 5.75. The molecule has 0 aliphatic carbocycles. The first-order valence-electron chi connectivity index (χ1n) is 8.36. The zero-order valence-electron chi connectivity index (χ0n) is 14.9. The Balaban J connectivity index is 1.78. The minimum absolute atomic E-state index is 0.166. The largest absolute Gasteiger partial charge is 0.437 e. The molecule has 27 heavy (non-hydrogen) atoms. The molecule has 2 aromatic carbocycles. The quantitative estimate of drug-likeness (QED) is 0.594. The van der Waals surface area contributed by atoms with Crippen molar-refractivity contribution < 1.29 is 9.53 Å². The average molecular weight is 401 g/mol. The number of amides is 1. The van der Waals surface area contributed by atoms with Gasteiger partial charge in [-0.25, -0.2) is 4.98 Å². The predicted molar refractivity (Wildman–Crippen MR) is 108 cm³/mol. The Hall–Kier alpha value is -2.56. The highest BCUT2D eigenvalue weighted by atomic mass is 35.5. The maximum Gasteiger partial charge on any atom is 0.257 e. The van der Waals surface area contributed by atoms with Crippen LogP contribution in [0.5, 0.6) is 11.6 Å². The Labute approximate surface area is 168 Å². The van der Waals surface area contributed by atoms with Gasteiger partial charge < -0.3 is 10.1 Å². The maximum atomic E-state index is 12.7. The smallest absolute Gasteiger partial charge is 0.257 e.